The molecule has 1 N–H and O–H groups in total. The van der Waals surface area contributed by atoms with E-state index in [1.165, 1.54) is 24.3 Å². The smallest absolute Gasteiger partial charge is 0.267 e. The van der Waals surface area contributed by atoms with Gasteiger partial charge in [0.25, 0.3) is 17.5 Å². The number of rotatable bonds is 5. The maximum Gasteiger partial charge on any atom is 0.285 e. The number of thiocarbonyl (C=S) groups is 1. The molecule has 0 saturated carbocycles. The monoisotopic (exact) mass is 425 g/mol. The first-order chi connectivity index (χ1) is 13.9. The van der Waals surface area contributed by atoms with Crippen LogP contribution in [0.2, 0.25) is 0 Å². The van der Waals surface area contributed by atoms with Gasteiger partial charge in [-0.05, 0) is 42.4 Å². The van der Waals surface area contributed by atoms with E-state index < -0.39 is 16.7 Å². The van der Waals surface area contributed by atoms with Gasteiger partial charge in [0.1, 0.15) is 5.56 Å². The number of hydrogen-bond acceptors (Lipinski definition) is 6. The highest BCUT2D eigenvalue weighted by Gasteiger charge is 2.34. The fourth-order valence-corrected chi connectivity index (χ4v) is 3.84. The number of nitrogens with zero attached hydrogens (tertiary/aromatic N) is 2. The Hall–Kier alpha value is -3.30. The Kier molecular flexibility index (Phi) is 6.20. The number of carbonyl (C=O) groups excluding carboxylic acids is 2. The molecule has 1 heterocycles. The maximum atomic E-state index is 12.7. The number of benzene rings is 2. The first-order valence-electron chi connectivity index (χ1n) is 8.42. The van der Waals surface area contributed by atoms with Crippen LogP contribution in [0.25, 0.3) is 6.08 Å². The Morgan fingerprint density at radius 3 is 2.52 bits per heavy atom. The van der Waals surface area contributed by atoms with Gasteiger partial charge < -0.3 is 0 Å². The van der Waals surface area contributed by atoms with E-state index in [4.69, 9.17) is 12.2 Å². The van der Waals surface area contributed by atoms with Crippen molar-refractivity contribution in [2.24, 2.45) is 0 Å². The molecule has 0 bridgehead atoms. The molecule has 1 saturated heterocycles. The van der Waals surface area contributed by atoms with Gasteiger partial charge in [0.05, 0.1) is 9.83 Å². The molecule has 1 aliphatic rings. The lowest BCUT2D eigenvalue weighted by atomic mass is 10.1. The Bertz CT molecular complexity index is 1060. The average molecular weight is 425 g/mol. The summed E-state index contributed by atoms with van der Waals surface area (Å²) in [5.74, 6) is -1.28. The van der Waals surface area contributed by atoms with Crippen LogP contribution < -0.4 is 5.43 Å². The van der Waals surface area contributed by atoms with E-state index in [-0.39, 0.29) is 15.6 Å². The largest absolute Gasteiger partial charge is 0.285 e. The number of amides is 2. The number of nitro groups is 1. The number of nitrogens with one attached hydrogen (secondary N) is 1. The molecule has 2 aromatic carbocycles. The summed E-state index contributed by atoms with van der Waals surface area (Å²) >= 11 is 6.24. The van der Waals surface area contributed by atoms with Gasteiger partial charge in [0, 0.05) is 6.07 Å². The lowest BCUT2D eigenvalue weighted by molar-refractivity contribution is -0.385. The van der Waals surface area contributed by atoms with Gasteiger partial charge in [-0.2, -0.15) is 5.01 Å². The maximum absolute atomic E-state index is 12.7. The van der Waals surface area contributed by atoms with Crippen molar-refractivity contribution in [3.05, 3.63) is 92.4 Å². The van der Waals surface area contributed by atoms with E-state index in [0.29, 0.717) is 4.91 Å². The highest BCUT2D eigenvalue weighted by molar-refractivity contribution is 8.26. The van der Waals surface area contributed by atoms with Crippen molar-refractivity contribution in [2.75, 3.05) is 0 Å². The van der Waals surface area contributed by atoms with Crippen molar-refractivity contribution in [2.45, 2.75) is 6.92 Å². The molecule has 146 valence electrons. The van der Waals surface area contributed by atoms with Crippen LogP contribution in [0.15, 0.2) is 71.2 Å². The highest BCUT2D eigenvalue weighted by Crippen LogP contribution is 2.31. The molecule has 3 rings (SSSR count). The zero-order valence-electron chi connectivity index (χ0n) is 15.2. The lowest BCUT2D eigenvalue weighted by Crippen LogP contribution is -2.45. The summed E-state index contributed by atoms with van der Waals surface area (Å²) in [4.78, 5) is 35.9. The average Bonchev–Trinajstić information content (AvgIpc) is 2.95. The zero-order valence-corrected chi connectivity index (χ0v) is 16.8. The van der Waals surface area contributed by atoms with Gasteiger partial charge in [0.15, 0.2) is 4.32 Å². The standard InChI is InChI=1S/C20H15N3O4S2/c1-13(11-14-7-3-2-4-8-14)12-17-19(25)22(20(28)29-17)21-18(24)15-9-5-6-10-16(15)23(26)27/h2-12H,1H3,(H,21,24)/b13-11+,17-12-. The van der Waals surface area contributed by atoms with Crippen LogP contribution in [0.4, 0.5) is 5.69 Å². The summed E-state index contributed by atoms with van der Waals surface area (Å²) in [5.41, 5.74) is 3.67. The van der Waals surface area contributed by atoms with Gasteiger partial charge >= 0.3 is 0 Å². The third kappa shape index (κ3) is 4.76. The third-order valence-corrected chi connectivity index (χ3v) is 5.21. The van der Waals surface area contributed by atoms with E-state index >= 15 is 0 Å². The SMILES string of the molecule is CC(/C=C1\SC(=S)N(NC(=O)c2ccccc2[N+](=O)[O-])C1=O)=C\c1ccccc1. The van der Waals surface area contributed by atoms with Crippen molar-refractivity contribution >= 4 is 51.9 Å². The van der Waals surface area contributed by atoms with E-state index in [1.54, 1.807) is 6.08 Å². The second kappa shape index (κ2) is 8.80. The summed E-state index contributed by atoms with van der Waals surface area (Å²) in [6.45, 7) is 1.85. The quantitative estimate of drug-likeness (QED) is 0.336. The molecule has 9 heteroatoms. The minimum Gasteiger partial charge on any atom is -0.267 e. The molecular weight excluding hydrogens is 410 g/mol. The molecule has 0 aromatic heterocycles. The van der Waals surface area contributed by atoms with E-state index in [2.05, 4.69) is 5.43 Å². The first-order valence-corrected chi connectivity index (χ1v) is 9.65. The van der Waals surface area contributed by atoms with Gasteiger partial charge in [0.2, 0.25) is 0 Å². The molecule has 0 spiro atoms. The summed E-state index contributed by atoms with van der Waals surface area (Å²) in [5, 5.41) is 12.0. The van der Waals surface area contributed by atoms with Crippen LogP contribution in [0.3, 0.4) is 0 Å². The van der Waals surface area contributed by atoms with Crippen molar-refractivity contribution in [3.63, 3.8) is 0 Å². The molecule has 2 amide bonds. The van der Waals surface area contributed by atoms with Crippen LogP contribution in [-0.4, -0.2) is 26.1 Å². The molecule has 0 radical (unpaired) electrons. The number of para-hydroxylation sites is 1. The van der Waals surface area contributed by atoms with Crippen molar-refractivity contribution in [3.8, 4) is 0 Å². The molecule has 0 aliphatic carbocycles. The molecule has 7 nitrogen and oxygen atoms in total. The van der Waals surface area contributed by atoms with Crippen LogP contribution >= 0.6 is 24.0 Å². The van der Waals surface area contributed by atoms with Crippen molar-refractivity contribution in [1.82, 2.24) is 10.4 Å². The molecule has 0 unspecified atom stereocenters. The second-order valence-electron chi connectivity index (χ2n) is 6.03. The Morgan fingerprint density at radius 1 is 1.17 bits per heavy atom. The van der Waals surface area contributed by atoms with Crippen LogP contribution in [0.5, 0.6) is 0 Å². The number of allylic oxidation sites excluding steroid dienone is 2. The van der Waals surface area contributed by atoms with Crippen LogP contribution in [0, 0.1) is 10.1 Å². The Labute approximate surface area is 176 Å². The van der Waals surface area contributed by atoms with Gasteiger partial charge in [-0.3, -0.25) is 25.1 Å². The molecular formula is C20H15N3O4S2. The minimum absolute atomic E-state index is 0.140. The number of hydrazine groups is 1. The topological polar surface area (TPSA) is 92.6 Å². The Morgan fingerprint density at radius 2 is 1.83 bits per heavy atom. The van der Waals surface area contributed by atoms with Crippen molar-refractivity contribution in [1.29, 1.82) is 0 Å². The number of nitro benzene ring substituents is 1. The molecule has 2 aromatic rings. The predicted molar refractivity (Wildman–Crippen MR) is 116 cm³/mol. The minimum atomic E-state index is -0.786. The highest BCUT2D eigenvalue weighted by atomic mass is 32.2. The lowest BCUT2D eigenvalue weighted by Gasteiger charge is -2.15. The summed E-state index contributed by atoms with van der Waals surface area (Å²) < 4.78 is 0.140. The predicted octanol–water partition coefficient (Wildman–Crippen LogP) is 4.09. The fourth-order valence-electron chi connectivity index (χ4n) is 2.61. The van der Waals surface area contributed by atoms with Crippen LogP contribution in [-0.2, 0) is 4.79 Å². The number of carbonyl (C=O) groups is 2. The first kappa shape index (κ1) is 20.4. The van der Waals surface area contributed by atoms with Gasteiger partial charge in [-0.15, -0.1) is 0 Å². The van der Waals surface area contributed by atoms with Gasteiger partial charge in [-0.25, -0.2) is 0 Å². The second-order valence-corrected chi connectivity index (χ2v) is 7.71. The third-order valence-electron chi connectivity index (χ3n) is 3.91. The molecule has 0 atom stereocenters. The zero-order chi connectivity index (χ0) is 21.0. The van der Waals surface area contributed by atoms with Crippen LogP contribution in [0.1, 0.15) is 22.8 Å². The summed E-state index contributed by atoms with van der Waals surface area (Å²) in [7, 11) is 0. The van der Waals surface area contributed by atoms with E-state index in [0.717, 1.165) is 27.9 Å². The number of thioether (sulfide) groups is 1. The number of hydrogen-bond donors (Lipinski definition) is 1. The summed E-state index contributed by atoms with van der Waals surface area (Å²) in [6.07, 6.45) is 3.60. The van der Waals surface area contributed by atoms with E-state index in [1.807, 2.05) is 43.3 Å². The molecule has 1 fully saturated rings. The Balaban J connectivity index is 1.78. The fraction of sp³-hybridized carbons (Fsp3) is 0.0500. The van der Waals surface area contributed by atoms with Gasteiger partial charge in [-0.1, -0.05) is 60.3 Å². The molecule has 29 heavy (non-hydrogen) atoms. The summed E-state index contributed by atoms with van der Waals surface area (Å²) in [6, 6.07) is 15.1. The molecule has 1 aliphatic heterocycles. The van der Waals surface area contributed by atoms with E-state index in [9.17, 15) is 19.7 Å². The van der Waals surface area contributed by atoms with Crippen molar-refractivity contribution < 1.29 is 14.5 Å². The normalized spacial score (nSPS) is 15.7.